The van der Waals surface area contributed by atoms with Crippen LogP contribution in [0.2, 0.25) is 4.34 Å². The topological polar surface area (TPSA) is 0 Å². The van der Waals surface area contributed by atoms with Crippen LogP contribution in [0.3, 0.4) is 0 Å². The highest BCUT2D eigenvalue weighted by atomic mass is 79.9. The first-order chi connectivity index (χ1) is 6.25. The van der Waals surface area contributed by atoms with Crippen LogP contribution in [0.5, 0.6) is 0 Å². The second-order valence-corrected chi connectivity index (χ2v) is 6.59. The fourth-order valence-corrected chi connectivity index (χ4v) is 3.90. The van der Waals surface area contributed by atoms with Gasteiger partial charge >= 0.3 is 0 Å². The van der Waals surface area contributed by atoms with Crippen molar-refractivity contribution >= 4 is 38.9 Å². The third-order valence-electron chi connectivity index (χ3n) is 2.66. The Morgan fingerprint density at radius 1 is 1.46 bits per heavy atom. The molecule has 1 aromatic rings. The van der Waals surface area contributed by atoms with Crippen molar-refractivity contribution in [3.8, 4) is 0 Å². The summed E-state index contributed by atoms with van der Waals surface area (Å²) in [6.45, 7) is 0. The molecule has 1 aliphatic rings. The third-order valence-corrected chi connectivity index (χ3v) is 5.12. The van der Waals surface area contributed by atoms with Gasteiger partial charge in [-0.2, -0.15) is 0 Å². The van der Waals surface area contributed by atoms with Gasteiger partial charge in [-0.1, -0.05) is 34.0 Å². The summed E-state index contributed by atoms with van der Waals surface area (Å²) in [5.41, 5.74) is 0. The molecule has 2 rings (SSSR count). The van der Waals surface area contributed by atoms with E-state index in [0.29, 0.717) is 0 Å². The quantitative estimate of drug-likeness (QED) is 0.699. The lowest BCUT2D eigenvalue weighted by Gasteiger charge is -2.11. The van der Waals surface area contributed by atoms with E-state index >= 15 is 0 Å². The van der Waals surface area contributed by atoms with Gasteiger partial charge in [-0.15, -0.1) is 11.3 Å². The molecule has 3 heteroatoms. The zero-order chi connectivity index (χ0) is 9.26. The molecule has 0 amide bonds. The van der Waals surface area contributed by atoms with E-state index in [4.69, 9.17) is 11.6 Å². The average molecular weight is 280 g/mol. The van der Waals surface area contributed by atoms with Crippen molar-refractivity contribution in [2.24, 2.45) is 5.92 Å². The smallest absolute Gasteiger partial charge is 0.0931 e. The predicted octanol–water partition coefficient (Wildman–Crippen LogP) is 4.51. The molecule has 2 unspecified atom stereocenters. The molecular formula is C10H12BrClS. The van der Waals surface area contributed by atoms with Gasteiger partial charge in [0.05, 0.1) is 4.34 Å². The van der Waals surface area contributed by atoms with Crippen molar-refractivity contribution in [3.05, 3.63) is 21.3 Å². The van der Waals surface area contributed by atoms with E-state index in [0.717, 1.165) is 15.1 Å². The molecule has 0 radical (unpaired) electrons. The molecule has 1 aromatic heterocycles. The second-order valence-electron chi connectivity index (χ2n) is 3.62. The monoisotopic (exact) mass is 278 g/mol. The predicted molar refractivity (Wildman–Crippen MR) is 63.1 cm³/mol. The van der Waals surface area contributed by atoms with Crippen molar-refractivity contribution in [1.82, 2.24) is 0 Å². The van der Waals surface area contributed by atoms with Crippen molar-refractivity contribution in [2.75, 3.05) is 0 Å². The third kappa shape index (κ3) is 2.48. The van der Waals surface area contributed by atoms with Crippen molar-refractivity contribution < 1.29 is 0 Å². The molecule has 0 bridgehead atoms. The normalized spacial score (nSPS) is 28.2. The van der Waals surface area contributed by atoms with Crippen LogP contribution in [0.15, 0.2) is 12.1 Å². The van der Waals surface area contributed by atoms with Gasteiger partial charge < -0.3 is 0 Å². The molecule has 0 saturated heterocycles. The molecule has 1 saturated carbocycles. The van der Waals surface area contributed by atoms with Gasteiger partial charge in [0, 0.05) is 9.70 Å². The number of hydrogen-bond acceptors (Lipinski definition) is 1. The molecule has 0 aliphatic heterocycles. The van der Waals surface area contributed by atoms with Gasteiger partial charge in [-0.25, -0.2) is 0 Å². The van der Waals surface area contributed by atoms with Crippen LogP contribution in [-0.2, 0) is 6.42 Å². The minimum Gasteiger partial charge on any atom is -0.128 e. The summed E-state index contributed by atoms with van der Waals surface area (Å²) in [5, 5.41) is 0. The summed E-state index contributed by atoms with van der Waals surface area (Å²) in [4.78, 5) is 2.16. The molecular weight excluding hydrogens is 268 g/mol. The van der Waals surface area contributed by atoms with E-state index in [1.54, 1.807) is 11.3 Å². The van der Waals surface area contributed by atoms with Gasteiger partial charge in [0.15, 0.2) is 0 Å². The van der Waals surface area contributed by atoms with E-state index in [9.17, 15) is 0 Å². The van der Waals surface area contributed by atoms with Gasteiger partial charge in [-0.05, 0) is 37.3 Å². The van der Waals surface area contributed by atoms with Gasteiger partial charge in [0.1, 0.15) is 0 Å². The maximum atomic E-state index is 5.89. The Balaban J connectivity index is 1.97. The van der Waals surface area contributed by atoms with Crippen molar-refractivity contribution in [2.45, 2.75) is 30.5 Å². The summed E-state index contributed by atoms with van der Waals surface area (Å²) in [7, 11) is 0. The van der Waals surface area contributed by atoms with E-state index in [1.165, 1.54) is 30.6 Å². The number of rotatable bonds is 2. The summed E-state index contributed by atoms with van der Waals surface area (Å²) < 4.78 is 0.916. The van der Waals surface area contributed by atoms with Crippen LogP contribution in [0.25, 0.3) is 0 Å². The fourth-order valence-electron chi connectivity index (χ4n) is 1.94. The first-order valence-corrected chi connectivity index (χ1v) is 6.75. The van der Waals surface area contributed by atoms with E-state index < -0.39 is 0 Å². The zero-order valence-corrected chi connectivity index (χ0v) is 10.5. The van der Waals surface area contributed by atoms with Crippen molar-refractivity contribution in [1.29, 1.82) is 0 Å². The highest BCUT2D eigenvalue weighted by Crippen LogP contribution is 2.35. The van der Waals surface area contributed by atoms with Gasteiger partial charge in [0.2, 0.25) is 0 Å². The molecule has 0 N–H and O–H groups in total. The molecule has 1 fully saturated rings. The molecule has 72 valence electrons. The van der Waals surface area contributed by atoms with Gasteiger partial charge in [-0.3, -0.25) is 0 Å². The van der Waals surface area contributed by atoms with Crippen molar-refractivity contribution in [3.63, 3.8) is 0 Å². The maximum absolute atomic E-state index is 5.89. The van der Waals surface area contributed by atoms with Crippen LogP contribution in [0.4, 0.5) is 0 Å². The van der Waals surface area contributed by atoms with E-state index in [-0.39, 0.29) is 0 Å². The molecule has 1 aliphatic carbocycles. The summed E-state index contributed by atoms with van der Waals surface area (Å²) >= 11 is 11.4. The van der Waals surface area contributed by atoms with Crippen LogP contribution in [0.1, 0.15) is 24.1 Å². The minimum atomic E-state index is 0.730. The largest absolute Gasteiger partial charge is 0.128 e. The highest BCUT2D eigenvalue weighted by Gasteiger charge is 2.25. The first-order valence-electron chi connectivity index (χ1n) is 4.64. The molecule has 1 heterocycles. The molecule has 0 aromatic carbocycles. The SMILES string of the molecule is Clc1ccc(CC2CCCC2Br)s1. The number of thiophene rings is 1. The standard InChI is InChI=1S/C10H12BrClS/c11-9-3-1-2-7(9)6-8-4-5-10(12)13-8/h4-5,7,9H,1-3,6H2. The number of halogens is 2. The Hall–Kier alpha value is 0.470. The summed E-state index contributed by atoms with van der Waals surface area (Å²) in [5.74, 6) is 0.828. The minimum absolute atomic E-state index is 0.730. The Morgan fingerprint density at radius 2 is 2.31 bits per heavy atom. The molecule has 2 atom stereocenters. The highest BCUT2D eigenvalue weighted by molar-refractivity contribution is 9.09. The van der Waals surface area contributed by atoms with Crippen LogP contribution < -0.4 is 0 Å². The second kappa shape index (κ2) is 4.33. The molecule has 0 nitrogen and oxygen atoms in total. The summed E-state index contributed by atoms with van der Waals surface area (Å²) in [6.07, 6.45) is 5.28. The Morgan fingerprint density at radius 3 is 2.85 bits per heavy atom. The molecule has 0 spiro atoms. The zero-order valence-electron chi connectivity index (χ0n) is 7.30. The van der Waals surface area contributed by atoms with Gasteiger partial charge in [0.25, 0.3) is 0 Å². The molecule has 13 heavy (non-hydrogen) atoms. The number of alkyl halides is 1. The van der Waals surface area contributed by atoms with Crippen LogP contribution >= 0.6 is 38.9 Å². The lowest BCUT2D eigenvalue weighted by Crippen LogP contribution is -2.08. The Labute approximate surface area is 96.4 Å². The van der Waals surface area contributed by atoms with Crippen LogP contribution in [-0.4, -0.2) is 4.83 Å². The Kier molecular flexibility index (Phi) is 3.33. The lowest BCUT2D eigenvalue weighted by atomic mass is 10.0. The maximum Gasteiger partial charge on any atom is 0.0931 e. The Bertz CT molecular complexity index is 284. The van der Waals surface area contributed by atoms with E-state index in [2.05, 4.69) is 22.0 Å². The van der Waals surface area contributed by atoms with E-state index in [1.807, 2.05) is 6.07 Å². The summed E-state index contributed by atoms with van der Waals surface area (Å²) in [6, 6.07) is 4.16. The van der Waals surface area contributed by atoms with Crippen LogP contribution in [0, 0.1) is 5.92 Å². The number of hydrogen-bond donors (Lipinski definition) is 0. The fraction of sp³-hybridized carbons (Fsp3) is 0.600. The lowest BCUT2D eigenvalue weighted by molar-refractivity contribution is 0.567. The average Bonchev–Trinajstić information content (AvgIpc) is 2.64. The first kappa shape index (κ1) is 10.0.